The van der Waals surface area contributed by atoms with Crippen LogP contribution in [0.25, 0.3) is 0 Å². The van der Waals surface area contributed by atoms with Crippen molar-refractivity contribution in [2.75, 3.05) is 5.75 Å². The zero-order valence-electron chi connectivity index (χ0n) is 17.1. The van der Waals surface area contributed by atoms with Gasteiger partial charge in [-0.1, -0.05) is 48.5 Å². The summed E-state index contributed by atoms with van der Waals surface area (Å²) in [6, 6.07) is 22.6. The van der Waals surface area contributed by atoms with Crippen LogP contribution in [0, 0.1) is 11.6 Å². The molecule has 1 unspecified atom stereocenters. The number of carbonyl (C=O) groups excluding carboxylic acids is 1. The molecule has 4 rings (SSSR count). The molecule has 0 bridgehead atoms. The van der Waals surface area contributed by atoms with Gasteiger partial charge in [0.2, 0.25) is 5.91 Å². The van der Waals surface area contributed by atoms with Crippen LogP contribution >= 0.6 is 11.8 Å². The van der Waals surface area contributed by atoms with Crippen LogP contribution in [0.4, 0.5) is 8.78 Å². The molecule has 0 aliphatic carbocycles. The van der Waals surface area contributed by atoms with E-state index in [0.29, 0.717) is 17.7 Å². The van der Waals surface area contributed by atoms with Crippen LogP contribution in [0.3, 0.4) is 0 Å². The van der Waals surface area contributed by atoms with Gasteiger partial charge in [-0.25, -0.2) is 8.78 Å². The third-order valence-electron chi connectivity index (χ3n) is 5.32. The average molecular weight is 440 g/mol. The Kier molecular flexibility index (Phi) is 6.68. The van der Waals surface area contributed by atoms with E-state index in [-0.39, 0.29) is 18.1 Å². The molecule has 0 saturated carbocycles. The Morgan fingerprint density at radius 2 is 1.58 bits per heavy atom. The molecule has 0 aromatic heterocycles. The van der Waals surface area contributed by atoms with E-state index in [2.05, 4.69) is 0 Å². The lowest BCUT2D eigenvalue weighted by Gasteiger charge is -2.28. The maximum atomic E-state index is 13.8. The highest BCUT2D eigenvalue weighted by Gasteiger charge is 2.44. The van der Waals surface area contributed by atoms with Gasteiger partial charge in [0, 0.05) is 29.2 Å². The Morgan fingerprint density at radius 1 is 0.968 bits per heavy atom. The first kappa shape index (κ1) is 21.5. The third kappa shape index (κ3) is 5.14. The highest BCUT2D eigenvalue weighted by molar-refractivity contribution is 7.99. The smallest absolute Gasteiger partial charge is 0.222 e. The number of ether oxygens (including phenoxy) is 1. The van der Waals surface area contributed by atoms with Gasteiger partial charge in [0.25, 0.3) is 0 Å². The SMILES string of the molecule is CC(=O)N1C(c2ccccc2)O[C@H](CSc2ccccc2)[C@@H]1Cc1cc(F)cc(F)c1. The quantitative estimate of drug-likeness (QED) is 0.467. The van der Waals surface area contributed by atoms with Gasteiger partial charge < -0.3 is 9.64 Å². The van der Waals surface area contributed by atoms with Crippen molar-refractivity contribution in [3.8, 4) is 0 Å². The lowest BCUT2D eigenvalue weighted by Crippen LogP contribution is -2.41. The van der Waals surface area contributed by atoms with E-state index in [9.17, 15) is 13.6 Å². The Hall–Kier alpha value is -2.70. The fourth-order valence-corrected chi connectivity index (χ4v) is 4.98. The number of carbonyl (C=O) groups is 1. The van der Waals surface area contributed by atoms with Crippen LogP contribution in [0.2, 0.25) is 0 Å². The average Bonchev–Trinajstić information content (AvgIpc) is 3.11. The number of thioether (sulfide) groups is 1. The number of rotatable bonds is 6. The Balaban J connectivity index is 1.64. The van der Waals surface area contributed by atoms with Crippen molar-refractivity contribution in [3.05, 3.63) is 102 Å². The topological polar surface area (TPSA) is 29.5 Å². The van der Waals surface area contributed by atoms with Gasteiger partial charge in [-0.3, -0.25) is 4.79 Å². The number of nitrogens with zero attached hydrogens (tertiary/aromatic N) is 1. The summed E-state index contributed by atoms with van der Waals surface area (Å²) in [7, 11) is 0. The lowest BCUT2D eigenvalue weighted by atomic mass is 10.0. The molecule has 0 spiro atoms. The zero-order chi connectivity index (χ0) is 21.8. The first-order valence-electron chi connectivity index (χ1n) is 10.1. The Labute approximate surface area is 185 Å². The van der Waals surface area contributed by atoms with Crippen LogP contribution in [0.5, 0.6) is 0 Å². The van der Waals surface area contributed by atoms with Gasteiger partial charge in [0.15, 0.2) is 6.23 Å². The number of hydrogen-bond donors (Lipinski definition) is 0. The molecule has 3 aromatic carbocycles. The number of hydrogen-bond acceptors (Lipinski definition) is 3. The van der Waals surface area contributed by atoms with Gasteiger partial charge in [-0.2, -0.15) is 0 Å². The highest BCUT2D eigenvalue weighted by Crippen LogP contribution is 2.38. The zero-order valence-corrected chi connectivity index (χ0v) is 17.9. The summed E-state index contributed by atoms with van der Waals surface area (Å²) < 4.78 is 34.0. The van der Waals surface area contributed by atoms with Crippen molar-refractivity contribution in [3.63, 3.8) is 0 Å². The van der Waals surface area contributed by atoms with Gasteiger partial charge >= 0.3 is 0 Å². The second-order valence-corrected chi connectivity index (χ2v) is 8.63. The van der Waals surface area contributed by atoms with Gasteiger partial charge in [0.1, 0.15) is 11.6 Å². The summed E-state index contributed by atoms with van der Waals surface area (Å²) in [6.07, 6.45) is -0.536. The number of benzene rings is 3. The summed E-state index contributed by atoms with van der Waals surface area (Å²) >= 11 is 1.64. The first-order valence-corrected chi connectivity index (χ1v) is 11.1. The fourth-order valence-electron chi connectivity index (χ4n) is 3.98. The van der Waals surface area contributed by atoms with Crippen molar-refractivity contribution in [2.24, 2.45) is 0 Å². The molecule has 31 heavy (non-hydrogen) atoms. The molecule has 0 N–H and O–H groups in total. The second kappa shape index (κ2) is 9.62. The van der Waals surface area contributed by atoms with E-state index < -0.39 is 17.9 Å². The summed E-state index contributed by atoms with van der Waals surface area (Å²) in [5, 5.41) is 0. The van der Waals surface area contributed by atoms with Gasteiger partial charge in [-0.15, -0.1) is 11.8 Å². The monoisotopic (exact) mass is 439 g/mol. The van der Waals surface area contributed by atoms with Crippen molar-refractivity contribution >= 4 is 17.7 Å². The van der Waals surface area contributed by atoms with Crippen LogP contribution in [0.1, 0.15) is 24.3 Å². The van der Waals surface area contributed by atoms with E-state index >= 15 is 0 Å². The minimum Gasteiger partial charge on any atom is -0.348 e. The highest BCUT2D eigenvalue weighted by atomic mass is 32.2. The molecule has 1 aliphatic rings. The summed E-state index contributed by atoms with van der Waals surface area (Å²) in [4.78, 5) is 15.5. The van der Waals surface area contributed by atoms with E-state index in [0.717, 1.165) is 16.5 Å². The van der Waals surface area contributed by atoms with E-state index in [1.807, 2.05) is 60.7 Å². The van der Waals surface area contributed by atoms with E-state index in [1.54, 1.807) is 16.7 Å². The Bertz CT molecular complexity index is 1010. The molecule has 3 aromatic rings. The molecule has 6 heteroatoms. The molecule has 1 saturated heterocycles. The molecule has 160 valence electrons. The predicted octanol–water partition coefficient (Wildman–Crippen LogP) is 5.61. The Morgan fingerprint density at radius 3 is 2.19 bits per heavy atom. The van der Waals surface area contributed by atoms with Crippen molar-refractivity contribution in [1.29, 1.82) is 0 Å². The minimum atomic E-state index is -0.627. The molecular formula is C25H23F2NO2S. The minimum absolute atomic E-state index is 0.136. The largest absolute Gasteiger partial charge is 0.348 e. The standard InChI is InChI=1S/C25H23F2NO2S/c1-17(29)28-23(14-18-12-20(26)15-21(27)13-18)24(16-31-22-10-6-3-7-11-22)30-25(28)19-8-4-2-5-9-19/h2-13,15,23-25H,14,16H2,1H3/t23-,24+,25?/m0/s1. The lowest BCUT2D eigenvalue weighted by molar-refractivity contribution is -0.135. The van der Waals surface area contributed by atoms with E-state index in [4.69, 9.17) is 4.74 Å². The molecule has 1 aliphatic heterocycles. The first-order chi connectivity index (χ1) is 15.0. The van der Waals surface area contributed by atoms with Crippen molar-refractivity contribution in [1.82, 2.24) is 4.90 Å². The molecule has 3 nitrogen and oxygen atoms in total. The normalized spacial score (nSPS) is 20.7. The number of amides is 1. The molecule has 1 heterocycles. The summed E-state index contributed by atoms with van der Waals surface area (Å²) in [6.45, 7) is 1.51. The molecule has 3 atom stereocenters. The van der Waals surface area contributed by atoms with Crippen LogP contribution in [-0.4, -0.2) is 28.7 Å². The van der Waals surface area contributed by atoms with Crippen LogP contribution in [-0.2, 0) is 16.0 Å². The fraction of sp³-hybridized carbons (Fsp3) is 0.240. The third-order valence-corrected chi connectivity index (χ3v) is 6.42. The van der Waals surface area contributed by atoms with Gasteiger partial charge in [-0.05, 0) is 36.2 Å². The maximum Gasteiger partial charge on any atom is 0.222 e. The van der Waals surface area contributed by atoms with Crippen LogP contribution in [0.15, 0.2) is 83.8 Å². The molecule has 1 fully saturated rings. The predicted molar refractivity (Wildman–Crippen MR) is 118 cm³/mol. The summed E-state index contributed by atoms with van der Waals surface area (Å²) in [5.41, 5.74) is 1.38. The second-order valence-electron chi connectivity index (χ2n) is 7.54. The maximum absolute atomic E-state index is 13.8. The molecule has 0 radical (unpaired) electrons. The molecule has 1 amide bonds. The van der Waals surface area contributed by atoms with Crippen LogP contribution < -0.4 is 0 Å². The molecular weight excluding hydrogens is 416 g/mol. The van der Waals surface area contributed by atoms with Crippen molar-refractivity contribution in [2.45, 2.75) is 36.6 Å². The summed E-state index contributed by atoms with van der Waals surface area (Å²) in [5.74, 6) is -0.779. The van der Waals surface area contributed by atoms with E-state index in [1.165, 1.54) is 19.1 Å². The van der Waals surface area contributed by atoms with Crippen molar-refractivity contribution < 1.29 is 18.3 Å². The van der Waals surface area contributed by atoms with Gasteiger partial charge in [0.05, 0.1) is 12.1 Å². The number of halogens is 2.